The van der Waals surface area contributed by atoms with Crippen molar-refractivity contribution in [1.82, 2.24) is 5.32 Å². The van der Waals surface area contributed by atoms with Crippen LogP contribution in [0, 0.1) is 0 Å². The second kappa shape index (κ2) is 6.05. The maximum atomic E-state index is 12.5. The van der Waals surface area contributed by atoms with Crippen molar-refractivity contribution in [3.63, 3.8) is 0 Å². The fraction of sp³-hybridized carbons (Fsp3) is 0.467. The summed E-state index contributed by atoms with van der Waals surface area (Å²) in [4.78, 5) is 25.7. The van der Waals surface area contributed by atoms with Gasteiger partial charge in [-0.1, -0.05) is 44.4 Å². The zero-order valence-corrected chi connectivity index (χ0v) is 11.6. The highest BCUT2D eigenvalue weighted by Gasteiger charge is 2.50. The Morgan fingerprint density at radius 2 is 1.90 bits per heavy atom. The predicted molar refractivity (Wildman–Crippen MR) is 76.4 cm³/mol. The number of aliphatic hydroxyl groups excluding tert-OH is 1. The number of carbonyl (C=O) groups excluding carboxylic acids is 2. The topological polar surface area (TPSA) is 69.6 Å². The molecule has 1 aromatic carbocycles. The van der Waals surface area contributed by atoms with Crippen LogP contribution in [0.4, 0.5) is 10.5 Å². The number of rotatable bonds is 6. The third-order valence-electron chi connectivity index (χ3n) is 3.65. The first kappa shape index (κ1) is 14.5. The monoisotopic (exact) mass is 276 g/mol. The number of imide groups is 1. The van der Waals surface area contributed by atoms with E-state index in [0.29, 0.717) is 12.1 Å². The van der Waals surface area contributed by atoms with Crippen LogP contribution in [0.15, 0.2) is 30.3 Å². The fourth-order valence-electron chi connectivity index (χ4n) is 2.46. The van der Waals surface area contributed by atoms with E-state index in [4.69, 9.17) is 0 Å². The molecule has 0 saturated carbocycles. The third kappa shape index (κ3) is 2.54. The van der Waals surface area contributed by atoms with E-state index in [1.54, 1.807) is 24.3 Å². The standard InChI is InChI=1S/C15H20N2O3/c1-2-3-7-10-15(11-18)13(19)17(14(20)16-15)12-8-5-4-6-9-12/h4-6,8-9,18H,2-3,7,10-11H2,1H3,(H,16,20)/t15-/m0/s1. The summed E-state index contributed by atoms with van der Waals surface area (Å²) in [6, 6.07) is 8.31. The van der Waals surface area contributed by atoms with E-state index in [9.17, 15) is 14.7 Å². The Balaban J connectivity index is 2.22. The first-order valence-corrected chi connectivity index (χ1v) is 6.97. The van der Waals surface area contributed by atoms with E-state index in [-0.39, 0.29) is 12.5 Å². The maximum Gasteiger partial charge on any atom is 0.329 e. The Labute approximate surface area is 118 Å². The van der Waals surface area contributed by atoms with Crippen LogP contribution in [0.3, 0.4) is 0 Å². The first-order chi connectivity index (χ1) is 9.64. The van der Waals surface area contributed by atoms with Gasteiger partial charge in [0, 0.05) is 0 Å². The van der Waals surface area contributed by atoms with Crippen molar-refractivity contribution in [3.8, 4) is 0 Å². The van der Waals surface area contributed by atoms with Crippen LogP contribution in [0.25, 0.3) is 0 Å². The minimum absolute atomic E-state index is 0.368. The van der Waals surface area contributed by atoms with E-state index in [0.717, 1.165) is 24.2 Å². The molecule has 108 valence electrons. The number of hydrogen-bond acceptors (Lipinski definition) is 3. The average molecular weight is 276 g/mol. The molecular formula is C15H20N2O3. The second-order valence-corrected chi connectivity index (χ2v) is 5.10. The number of amides is 3. The molecule has 0 unspecified atom stereocenters. The SMILES string of the molecule is CCCCC[C@@]1(CO)NC(=O)N(c2ccccc2)C1=O. The van der Waals surface area contributed by atoms with Gasteiger partial charge in [-0.2, -0.15) is 0 Å². The first-order valence-electron chi connectivity index (χ1n) is 6.97. The van der Waals surface area contributed by atoms with E-state index < -0.39 is 11.6 Å². The predicted octanol–water partition coefficient (Wildman–Crippen LogP) is 2.05. The summed E-state index contributed by atoms with van der Waals surface area (Å²) >= 11 is 0. The van der Waals surface area contributed by atoms with Crippen molar-refractivity contribution >= 4 is 17.6 Å². The molecule has 5 nitrogen and oxygen atoms in total. The van der Waals surface area contributed by atoms with Crippen molar-refractivity contribution in [3.05, 3.63) is 30.3 Å². The van der Waals surface area contributed by atoms with Crippen molar-refractivity contribution in [2.24, 2.45) is 0 Å². The zero-order chi connectivity index (χ0) is 14.6. The van der Waals surface area contributed by atoms with Gasteiger partial charge in [0.15, 0.2) is 0 Å². The van der Waals surface area contributed by atoms with Crippen LogP contribution < -0.4 is 10.2 Å². The van der Waals surface area contributed by atoms with Crippen LogP contribution in [-0.2, 0) is 4.79 Å². The van der Waals surface area contributed by atoms with Gasteiger partial charge in [0.25, 0.3) is 5.91 Å². The number of benzene rings is 1. The van der Waals surface area contributed by atoms with Gasteiger partial charge in [0.05, 0.1) is 12.3 Å². The third-order valence-corrected chi connectivity index (χ3v) is 3.65. The van der Waals surface area contributed by atoms with Crippen LogP contribution in [-0.4, -0.2) is 29.2 Å². The molecule has 0 spiro atoms. The van der Waals surface area contributed by atoms with Crippen LogP contribution >= 0.6 is 0 Å². The van der Waals surface area contributed by atoms with E-state index >= 15 is 0 Å². The highest BCUT2D eigenvalue weighted by Crippen LogP contribution is 2.28. The molecule has 1 aliphatic rings. The van der Waals surface area contributed by atoms with Gasteiger partial charge in [-0.15, -0.1) is 0 Å². The number of aliphatic hydroxyl groups is 1. The van der Waals surface area contributed by atoms with Gasteiger partial charge in [-0.25, -0.2) is 9.69 Å². The molecule has 0 radical (unpaired) electrons. The van der Waals surface area contributed by atoms with Crippen LogP contribution in [0.5, 0.6) is 0 Å². The van der Waals surface area contributed by atoms with E-state index in [2.05, 4.69) is 12.2 Å². The number of urea groups is 1. The highest BCUT2D eigenvalue weighted by molar-refractivity contribution is 6.23. The summed E-state index contributed by atoms with van der Waals surface area (Å²) in [5.41, 5.74) is -0.636. The fourth-order valence-corrected chi connectivity index (χ4v) is 2.46. The van der Waals surface area contributed by atoms with Gasteiger partial charge in [-0.3, -0.25) is 4.79 Å². The number of unbranched alkanes of at least 4 members (excludes halogenated alkanes) is 2. The summed E-state index contributed by atoms with van der Waals surface area (Å²) in [5.74, 6) is -0.368. The molecule has 0 aliphatic carbocycles. The number of carbonyl (C=O) groups is 2. The van der Waals surface area contributed by atoms with Gasteiger partial charge in [0.2, 0.25) is 0 Å². The molecule has 20 heavy (non-hydrogen) atoms. The number of para-hydroxylation sites is 1. The van der Waals surface area contributed by atoms with Crippen molar-refractivity contribution < 1.29 is 14.7 Å². The zero-order valence-electron chi connectivity index (χ0n) is 11.6. The molecule has 1 fully saturated rings. The summed E-state index contributed by atoms with van der Waals surface area (Å²) in [5, 5.41) is 12.3. The maximum absolute atomic E-state index is 12.5. The molecule has 1 saturated heterocycles. The Kier molecular flexibility index (Phi) is 4.39. The molecule has 1 aliphatic heterocycles. The summed E-state index contributed by atoms with van der Waals surface area (Å²) in [6.07, 6.45) is 3.25. The van der Waals surface area contributed by atoms with Crippen molar-refractivity contribution in [1.29, 1.82) is 0 Å². The van der Waals surface area contributed by atoms with Gasteiger partial charge in [0.1, 0.15) is 5.54 Å². The van der Waals surface area contributed by atoms with Gasteiger partial charge < -0.3 is 10.4 Å². The normalized spacial score (nSPS) is 22.2. The Morgan fingerprint density at radius 1 is 1.20 bits per heavy atom. The molecule has 1 heterocycles. The molecule has 2 rings (SSSR count). The van der Waals surface area contributed by atoms with Crippen molar-refractivity contribution in [2.45, 2.75) is 38.1 Å². The highest BCUT2D eigenvalue weighted by atomic mass is 16.3. The molecule has 1 aromatic rings. The minimum atomic E-state index is -1.16. The van der Waals surface area contributed by atoms with Gasteiger partial charge >= 0.3 is 6.03 Å². The van der Waals surface area contributed by atoms with Gasteiger partial charge in [-0.05, 0) is 18.6 Å². The minimum Gasteiger partial charge on any atom is -0.393 e. The average Bonchev–Trinajstić information content (AvgIpc) is 2.72. The van der Waals surface area contributed by atoms with Crippen LogP contribution in [0.2, 0.25) is 0 Å². The van der Waals surface area contributed by atoms with Crippen LogP contribution in [0.1, 0.15) is 32.6 Å². The molecule has 0 bridgehead atoms. The molecular weight excluding hydrogens is 256 g/mol. The lowest BCUT2D eigenvalue weighted by molar-refractivity contribution is -0.123. The van der Waals surface area contributed by atoms with Crippen molar-refractivity contribution in [2.75, 3.05) is 11.5 Å². The summed E-state index contributed by atoms with van der Waals surface area (Å²) < 4.78 is 0. The lowest BCUT2D eigenvalue weighted by Gasteiger charge is -2.24. The quantitative estimate of drug-likeness (QED) is 0.617. The molecule has 1 atom stereocenters. The smallest absolute Gasteiger partial charge is 0.329 e. The molecule has 0 aromatic heterocycles. The molecule has 3 amide bonds. The number of nitrogens with one attached hydrogen (secondary N) is 1. The lowest BCUT2D eigenvalue weighted by Crippen LogP contribution is -2.50. The second-order valence-electron chi connectivity index (χ2n) is 5.10. The number of hydrogen-bond donors (Lipinski definition) is 2. The molecule has 2 N–H and O–H groups in total. The number of anilines is 1. The Hall–Kier alpha value is -1.88. The largest absolute Gasteiger partial charge is 0.393 e. The summed E-state index contributed by atoms with van der Waals surface area (Å²) in [7, 11) is 0. The molecule has 5 heteroatoms. The lowest BCUT2D eigenvalue weighted by atomic mass is 9.93. The van der Waals surface area contributed by atoms with E-state index in [1.165, 1.54) is 0 Å². The Bertz CT molecular complexity index is 489. The number of nitrogens with zero attached hydrogens (tertiary/aromatic N) is 1. The summed E-state index contributed by atoms with van der Waals surface area (Å²) in [6.45, 7) is 1.70. The van der Waals surface area contributed by atoms with E-state index in [1.807, 2.05) is 6.07 Å². The Morgan fingerprint density at radius 3 is 2.50 bits per heavy atom.